The third-order valence-electron chi connectivity index (χ3n) is 4.43. The van der Waals surface area contributed by atoms with Crippen molar-refractivity contribution in [3.63, 3.8) is 0 Å². The third kappa shape index (κ3) is 3.57. The number of furan rings is 1. The second kappa shape index (κ2) is 7.79. The number of aromatic hydroxyl groups is 2. The first-order valence-electron chi connectivity index (χ1n) is 8.52. The fraction of sp³-hybridized carbons (Fsp3) is 0.130. The molecule has 0 unspecified atom stereocenters. The van der Waals surface area contributed by atoms with Gasteiger partial charge < -0.3 is 14.6 Å². The molecule has 26 heavy (non-hydrogen) atoms. The molecule has 2 aromatic carbocycles. The van der Waals surface area contributed by atoms with Crippen LogP contribution >= 0.6 is 0 Å². The fourth-order valence-corrected chi connectivity index (χ4v) is 3.18. The highest BCUT2D eigenvalue weighted by Crippen LogP contribution is 2.36. The normalized spacial score (nSPS) is 10.8. The van der Waals surface area contributed by atoms with E-state index in [1.54, 1.807) is 30.5 Å². The molecule has 1 aromatic heterocycles. The van der Waals surface area contributed by atoms with Gasteiger partial charge >= 0.3 is 0 Å². The van der Waals surface area contributed by atoms with Crippen LogP contribution in [-0.2, 0) is 12.8 Å². The lowest BCUT2D eigenvalue weighted by Crippen LogP contribution is -2.04. The summed E-state index contributed by atoms with van der Waals surface area (Å²) < 4.78 is 5.70. The number of rotatable bonds is 7. The van der Waals surface area contributed by atoms with Crippen molar-refractivity contribution in [3.8, 4) is 11.5 Å². The van der Waals surface area contributed by atoms with Gasteiger partial charge in [0.25, 0.3) is 0 Å². The molecule has 0 bridgehead atoms. The highest BCUT2D eigenvalue weighted by molar-refractivity contribution is 5.48. The number of phenols is 2. The molecule has 3 aromatic rings. The van der Waals surface area contributed by atoms with Crippen LogP contribution in [0.5, 0.6) is 11.5 Å². The van der Waals surface area contributed by atoms with Crippen molar-refractivity contribution >= 4 is 0 Å². The molecule has 2 N–H and O–H groups in total. The number of benzene rings is 2. The Kier molecular flexibility index (Phi) is 5.28. The maximum Gasteiger partial charge on any atom is 0.119 e. The highest BCUT2D eigenvalue weighted by atomic mass is 16.3. The van der Waals surface area contributed by atoms with E-state index in [1.165, 1.54) is 0 Å². The first-order valence-corrected chi connectivity index (χ1v) is 8.52. The van der Waals surface area contributed by atoms with E-state index in [0.717, 1.165) is 28.0 Å². The maximum atomic E-state index is 10.1. The molecule has 0 aliphatic rings. The van der Waals surface area contributed by atoms with E-state index in [9.17, 15) is 10.2 Å². The van der Waals surface area contributed by atoms with E-state index in [1.807, 2.05) is 36.4 Å². The monoisotopic (exact) mass is 346 g/mol. The van der Waals surface area contributed by atoms with Gasteiger partial charge in [-0.2, -0.15) is 0 Å². The summed E-state index contributed by atoms with van der Waals surface area (Å²) in [5.74, 6) is 1.17. The smallest absolute Gasteiger partial charge is 0.119 e. The zero-order valence-electron chi connectivity index (χ0n) is 14.6. The first-order chi connectivity index (χ1) is 12.6. The Labute approximate surface area is 153 Å². The van der Waals surface area contributed by atoms with Crippen LogP contribution in [0.1, 0.15) is 33.9 Å². The van der Waals surface area contributed by atoms with E-state index in [4.69, 9.17) is 4.42 Å². The van der Waals surface area contributed by atoms with Crippen LogP contribution in [0.25, 0.3) is 0 Å². The lowest BCUT2D eigenvalue weighted by atomic mass is 9.86. The zero-order valence-corrected chi connectivity index (χ0v) is 14.6. The zero-order chi connectivity index (χ0) is 18.5. The minimum atomic E-state index is -0.140. The van der Waals surface area contributed by atoms with E-state index >= 15 is 0 Å². The van der Waals surface area contributed by atoms with Crippen molar-refractivity contribution < 1.29 is 14.6 Å². The largest absolute Gasteiger partial charge is 0.508 e. The number of hydrogen-bond donors (Lipinski definition) is 2. The Balaban J connectivity index is 2.13. The first kappa shape index (κ1) is 17.6. The minimum absolute atomic E-state index is 0.140. The summed E-state index contributed by atoms with van der Waals surface area (Å²) in [5.41, 5.74) is 3.65. The summed E-state index contributed by atoms with van der Waals surface area (Å²) >= 11 is 0. The molecule has 3 heteroatoms. The van der Waals surface area contributed by atoms with Crippen molar-refractivity contribution in [3.05, 3.63) is 108 Å². The molecule has 0 aliphatic carbocycles. The van der Waals surface area contributed by atoms with Gasteiger partial charge in [-0.15, -0.1) is 13.2 Å². The Bertz CT molecular complexity index is 848. The van der Waals surface area contributed by atoms with E-state index in [-0.39, 0.29) is 17.4 Å². The molecule has 132 valence electrons. The van der Waals surface area contributed by atoms with Crippen LogP contribution < -0.4 is 0 Å². The topological polar surface area (TPSA) is 53.6 Å². The molecule has 0 spiro atoms. The van der Waals surface area contributed by atoms with Crippen LogP contribution in [0.2, 0.25) is 0 Å². The third-order valence-corrected chi connectivity index (χ3v) is 4.43. The van der Waals surface area contributed by atoms with Gasteiger partial charge in [0.05, 0.1) is 12.2 Å². The van der Waals surface area contributed by atoms with Gasteiger partial charge in [0, 0.05) is 0 Å². The van der Waals surface area contributed by atoms with Crippen LogP contribution in [0, 0.1) is 0 Å². The minimum Gasteiger partial charge on any atom is -0.508 e. The van der Waals surface area contributed by atoms with Crippen molar-refractivity contribution in [1.82, 2.24) is 0 Å². The Hall–Kier alpha value is -3.20. The predicted octanol–water partition coefficient (Wildman–Crippen LogP) is 5.33. The van der Waals surface area contributed by atoms with E-state index in [0.29, 0.717) is 12.8 Å². The lowest BCUT2D eigenvalue weighted by molar-refractivity contribution is 0.468. The Morgan fingerprint density at radius 3 is 1.81 bits per heavy atom. The number of phenolic OH excluding ortho intramolecular Hbond substituents is 2. The van der Waals surface area contributed by atoms with E-state index in [2.05, 4.69) is 13.2 Å². The second-order valence-electron chi connectivity index (χ2n) is 6.21. The van der Waals surface area contributed by atoms with Gasteiger partial charge in [0.15, 0.2) is 0 Å². The quantitative estimate of drug-likeness (QED) is 0.569. The van der Waals surface area contributed by atoms with Gasteiger partial charge in [0.2, 0.25) is 0 Å². The van der Waals surface area contributed by atoms with Gasteiger partial charge in [-0.05, 0) is 59.4 Å². The molecule has 0 saturated heterocycles. The van der Waals surface area contributed by atoms with Crippen LogP contribution in [0.4, 0.5) is 0 Å². The second-order valence-corrected chi connectivity index (χ2v) is 6.21. The number of hydrogen-bond acceptors (Lipinski definition) is 3. The van der Waals surface area contributed by atoms with E-state index < -0.39 is 0 Å². The summed E-state index contributed by atoms with van der Waals surface area (Å²) in [7, 11) is 0. The van der Waals surface area contributed by atoms with Crippen LogP contribution in [0.15, 0.2) is 84.5 Å². The van der Waals surface area contributed by atoms with Gasteiger partial charge in [-0.25, -0.2) is 0 Å². The molecule has 3 rings (SSSR count). The summed E-state index contributed by atoms with van der Waals surface area (Å²) in [4.78, 5) is 0. The summed E-state index contributed by atoms with van der Waals surface area (Å²) in [6.45, 7) is 7.51. The van der Waals surface area contributed by atoms with Crippen molar-refractivity contribution in [1.29, 1.82) is 0 Å². The molecule has 0 amide bonds. The molecular weight excluding hydrogens is 324 g/mol. The fourth-order valence-electron chi connectivity index (χ4n) is 3.18. The molecule has 1 heterocycles. The molecule has 3 nitrogen and oxygen atoms in total. The summed E-state index contributed by atoms with van der Waals surface area (Å²) in [6.07, 6.45) is 6.36. The molecule has 0 atom stereocenters. The average molecular weight is 346 g/mol. The van der Waals surface area contributed by atoms with Crippen LogP contribution in [-0.4, -0.2) is 10.2 Å². The summed E-state index contributed by atoms with van der Waals surface area (Å²) in [5, 5.41) is 20.2. The molecular formula is C23H22O3. The molecule has 0 radical (unpaired) electrons. The van der Waals surface area contributed by atoms with Gasteiger partial charge in [0.1, 0.15) is 17.3 Å². The molecule has 0 saturated carbocycles. The van der Waals surface area contributed by atoms with Gasteiger partial charge in [-0.1, -0.05) is 36.4 Å². The van der Waals surface area contributed by atoms with Gasteiger partial charge in [-0.3, -0.25) is 0 Å². The maximum absolute atomic E-state index is 10.1. The number of allylic oxidation sites excluding steroid dienone is 2. The molecule has 0 aliphatic heterocycles. The van der Waals surface area contributed by atoms with Crippen LogP contribution in [0.3, 0.4) is 0 Å². The standard InChI is InChI=1S/C23H22O3/c1-3-6-16-14-18(9-11-20(16)24)23(22-8-5-13-26-22)19-10-12-21(25)17(15-19)7-4-2/h3-5,8-15,23-25H,1-2,6-7H2. The predicted molar refractivity (Wildman–Crippen MR) is 104 cm³/mol. The Morgan fingerprint density at radius 2 is 1.38 bits per heavy atom. The summed E-state index contributed by atoms with van der Waals surface area (Å²) in [6, 6.07) is 15.0. The van der Waals surface area contributed by atoms with Crippen molar-refractivity contribution in [2.45, 2.75) is 18.8 Å². The highest BCUT2D eigenvalue weighted by Gasteiger charge is 2.21. The molecule has 0 fully saturated rings. The SMILES string of the molecule is C=CCc1cc(C(c2ccc(O)c(CC=C)c2)c2ccco2)ccc1O. The lowest BCUT2D eigenvalue weighted by Gasteiger charge is -2.18. The average Bonchev–Trinajstić information content (AvgIpc) is 3.15. The van der Waals surface area contributed by atoms with Crippen molar-refractivity contribution in [2.24, 2.45) is 0 Å². The Morgan fingerprint density at radius 1 is 0.846 bits per heavy atom. The van der Waals surface area contributed by atoms with Crippen molar-refractivity contribution in [2.75, 3.05) is 0 Å².